The molecule has 0 aliphatic heterocycles. The number of nitrogens with zero attached hydrogens (tertiary/aromatic N) is 1. The van der Waals surface area contributed by atoms with Crippen LogP contribution in [0.1, 0.15) is 26.7 Å². The maximum absolute atomic E-state index is 11.8. The van der Waals surface area contributed by atoms with Crippen LogP contribution in [0.15, 0.2) is 24.3 Å². The van der Waals surface area contributed by atoms with Crippen molar-refractivity contribution in [3.05, 3.63) is 24.3 Å². The Balaban J connectivity index is 2.58. The SMILES string of the molecule is CCCCN(C)C(=O)C(=O)Nc1ccc(NC(C)=O)cc1. The van der Waals surface area contributed by atoms with E-state index in [-0.39, 0.29) is 5.91 Å². The van der Waals surface area contributed by atoms with Crippen LogP contribution in [0.3, 0.4) is 0 Å². The molecule has 2 N–H and O–H groups in total. The Morgan fingerprint density at radius 1 is 1.05 bits per heavy atom. The third-order valence-corrected chi connectivity index (χ3v) is 2.85. The average molecular weight is 291 g/mol. The predicted molar refractivity (Wildman–Crippen MR) is 81.9 cm³/mol. The Hall–Kier alpha value is -2.37. The third-order valence-electron chi connectivity index (χ3n) is 2.85. The first-order chi connectivity index (χ1) is 9.93. The minimum Gasteiger partial charge on any atom is -0.338 e. The highest BCUT2D eigenvalue weighted by Crippen LogP contribution is 2.13. The standard InChI is InChI=1S/C15H21N3O3/c1-4-5-10-18(3)15(21)14(20)17-13-8-6-12(7-9-13)16-11(2)19/h6-9H,4-5,10H2,1-3H3,(H,16,19)(H,17,20). The van der Waals surface area contributed by atoms with Crippen LogP contribution in [0.25, 0.3) is 0 Å². The van der Waals surface area contributed by atoms with E-state index < -0.39 is 11.8 Å². The van der Waals surface area contributed by atoms with Crippen molar-refractivity contribution < 1.29 is 14.4 Å². The Labute approximate surface area is 124 Å². The normalized spacial score (nSPS) is 9.86. The van der Waals surface area contributed by atoms with Gasteiger partial charge in [0, 0.05) is 31.9 Å². The molecule has 0 fully saturated rings. The first-order valence-electron chi connectivity index (χ1n) is 6.88. The highest BCUT2D eigenvalue weighted by atomic mass is 16.2. The van der Waals surface area contributed by atoms with Crippen molar-refractivity contribution in [2.45, 2.75) is 26.7 Å². The Bertz CT molecular complexity index is 511. The predicted octanol–water partition coefficient (Wildman–Crippen LogP) is 1.84. The summed E-state index contributed by atoms with van der Waals surface area (Å²) in [5.41, 5.74) is 1.14. The number of likely N-dealkylation sites (N-methyl/N-ethyl adjacent to an activating group) is 1. The van der Waals surface area contributed by atoms with Crippen molar-refractivity contribution in [2.24, 2.45) is 0 Å². The van der Waals surface area contributed by atoms with Crippen LogP contribution in [-0.4, -0.2) is 36.2 Å². The first kappa shape index (κ1) is 16.7. The van der Waals surface area contributed by atoms with Gasteiger partial charge in [0.2, 0.25) is 5.91 Å². The molecular formula is C15H21N3O3. The molecule has 114 valence electrons. The van der Waals surface area contributed by atoms with Crippen LogP contribution in [0.5, 0.6) is 0 Å². The number of anilines is 2. The number of carbonyl (C=O) groups is 3. The minimum atomic E-state index is -0.666. The summed E-state index contributed by atoms with van der Waals surface area (Å²) in [5.74, 6) is -1.39. The smallest absolute Gasteiger partial charge is 0.313 e. The minimum absolute atomic E-state index is 0.167. The van der Waals surface area contributed by atoms with Gasteiger partial charge in [0.05, 0.1) is 0 Å². The van der Waals surface area contributed by atoms with Crippen molar-refractivity contribution in [1.29, 1.82) is 0 Å². The topological polar surface area (TPSA) is 78.5 Å². The largest absolute Gasteiger partial charge is 0.338 e. The zero-order chi connectivity index (χ0) is 15.8. The third kappa shape index (κ3) is 5.64. The summed E-state index contributed by atoms with van der Waals surface area (Å²) in [4.78, 5) is 35.9. The summed E-state index contributed by atoms with van der Waals surface area (Å²) >= 11 is 0. The number of hydrogen-bond acceptors (Lipinski definition) is 3. The van der Waals surface area contributed by atoms with Crippen LogP contribution in [0, 0.1) is 0 Å². The maximum Gasteiger partial charge on any atom is 0.313 e. The van der Waals surface area contributed by atoms with Crippen LogP contribution < -0.4 is 10.6 Å². The van der Waals surface area contributed by atoms with Crippen molar-refractivity contribution in [3.63, 3.8) is 0 Å². The van der Waals surface area contributed by atoms with Crippen molar-refractivity contribution in [1.82, 2.24) is 4.90 Å². The summed E-state index contributed by atoms with van der Waals surface area (Å²) in [6, 6.07) is 6.57. The summed E-state index contributed by atoms with van der Waals surface area (Å²) in [6.07, 6.45) is 1.82. The van der Waals surface area contributed by atoms with Gasteiger partial charge < -0.3 is 15.5 Å². The molecular weight excluding hydrogens is 270 g/mol. The van der Waals surface area contributed by atoms with Gasteiger partial charge in [-0.3, -0.25) is 14.4 Å². The van der Waals surface area contributed by atoms with E-state index >= 15 is 0 Å². The lowest BCUT2D eigenvalue weighted by molar-refractivity contribution is -0.142. The molecule has 3 amide bonds. The van der Waals surface area contributed by atoms with Gasteiger partial charge in [0.25, 0.3) is 0 Å². The number of hydrogen-bond donors (Lipinski definition) is 2. The fraction of sp³-hybridized carbons (Fsp3) is 0.400. The van der Waals surface area contributed by atoms with Gasteiger partial charge in [0.1, 0.15) is 0 Å². The second-order valence-electron chi connectivity index (χ2n) is 4.79. The molecule has 0 saturated heterocycles. The Kier molecular flexibility index (Phi) is 6.39. The number of unbranched alkanes of at least 4 members (excludes halogenated alkanes) is 1. The molecule has 0 heterocycles. The molecule has 0 aliphatic rings. The first-order valence-corrected chi connectivity index (χ1v) is 6.88. The number of carbonyl (C=O) groups excluding carboxylic acids is 3. The Morgan fingerprint density at radius 3 is 2.05 bits per heavy atom. The second-order valence-corrected chi connectivity index (χ2v) is 4.79. The van der Waals surface area contributed by atoms with Gasteiger partial charge >= 0.3 is 11.8 Å². The van der Waals surface area contributed by atoms with E-state index in [0.29, 0.717) is 17.9 Å². The molecule has 21 heavy (non-hydrogen) atoms. The van der Waals surface area contributed by atoms with E-state index in [0.717, 1.165) is 12.8 Å². The van der Waals surface area contributed by atoms with E-state index in [1.807, 2.05) is 6.92 Å². The number of rotatable bonds is 5. The van der Waals surface area contributed by atoms with Crippen LogP contribution in [-0.2, 0) is 14.4 Å². The van der Waals surface area contributed by atoms with E-state index in [9.17, 15) is 14.4 Å². The molecule has 1 aromatic carbocycles. The second kappa shape index (κ2) is 8.04. The molecule has 1 aromatic rings. The molecule has 6 nitrogen and oxygen atoms in total. The van der Waals surface area contributed by atoms with Gasteiger partial charge in [-0.05, 0) is 30.7 Å². The highest BCUT2D eigenvalue weighted by molar-refractivity contribution is 6.39. The lowest BCUT2D eigenvalue weighted by atomic mass is 10.2. The maximum atomic E-state index is 11.8. The van der Waals surface area contributed by atoms with Gasteiger partial charge in [-0.15, -0.1) is 0 Å². The van der Waals surface area contributed by atoms with Crippen molar-refractivity contribution in [3.8, 4) is 0 Å². The summed E-state index contributed by atoms with van der Waals surface area (Å²) in [5, 5.41) is 5.16. The molecule has 0 aromatic heterocycles. The highest BCUT2D eigenvalue weighted by Gasteiger charge is 2.18. The zero-order valence-electron chi connectivity index (χ0n) is 12.6. The quantitative estimate of drug-likeness (QED) is 0.813. The van der Waals surface area contributed by atoms with Crippen LogP contribution in [0.2, 0.25) is 0 Å². The molecule has 0 saturated carbocycles. The van der Waals surface area contributed by atoms with Gasteiger partial charge in [-0.25, -0.2) is 0 Å². The molecule has 0 unspecified atom stereocenters. The lowest BCUT2D eigenvalue weighted by Gasteiger charge is -2.16. The number of amides is 3. The summed E-state index contributed by atoms with van der Waals surface area (Å²) in [6.45, 7) is 4.00. The fourth-order valence-corrected chi connectivity index (χ4v) is 1.69. The average Bonchev–Trinajstić information content (AvgIpc) is 2.45. The van der Waals surface area contributed by atoms with Crippen molar-refractivity contribution in [2.75, 3.05) is 24.2 Å². The molecule has 0 atom stereocenters. The fourth-order valence-electron chi connectivity index (χ4n) is 1.69. The molecule has 0 spiro atoms. The van der Waals surface area contributed by atoms with Gasteiger partial charge in [-0.2, -0.15) is 0 Å². The lowest BCUT2D eigenvalue weighted by Crippen LogP contribution is -2.37. The molecule has 0 radical (unpaired) electrons. The zero-order valence-corrected chi connectivity index (χ0v) is 12.6. The number of nitrogens with one attached hydrogen (secondary N) is 2. The molecule has 0 aliphatic carbocycles. The molecule has 1 rings (SSSR count). The van der Waals surface area contributed by atoms with E-state index in [1.54, 1.807) is 31.3 Å². The van der Waals surface area contributed by atoms with Crippen LogP contribution in [0.4, 0.5) is 11.4 Å². The van der Waals surface area contributed by atoms with Gasteiger partial charge in [0.15, 0.2) is 0 Å². The monoisotopic (exact) mass is 291 g/mol. The van der Waals surface area contributed by atoms with Gasteiger partial charge in [-0.1, -0.05) is 13.3 Å². The van der Waals surface area contributed by atoms with Crippen LogP contribution >= 0.6 is 0 Å². The van der Waals surface area contributed by atoms with E-state index in [1.165, 1.54) is 11.8 Å². The van der Waals surface area contributed by atoms with E-state index in [4.69, 9.17) is 0 Å². The molecule has 0 bridgehead atoms. The summed E-state index contributed by atoms with van der Waals surface area (Å²) < 4.78 is 0. The summed E-state index contributed by atoms with van der Waals surface area (Å²) in [7, 11) is 1.61. The Morgan fingerprint density at radius 2 is 1.57 bits per heavy atom. The van der Waals surface area contributed by atoms with Crippen molar-refractivity contribution >= 4 is 29.1 Å². The van der Waals surface area contributed by atoms with E-state index in [2.05, 4.69) is 10.6 Å². The molecule has 6 heteroatoms. The number of benzene rings is 1.